The van der Waals surface area contributed by atoms with Crippen molar-refractivity contribution in [2.24, 2.45) is 0 Å². The highest BCUT2D eigenvalue weighted by molar-refractivity contribution is 5.97. The Morgan fingerprint density at radius 1 is 1.50 bits per heavy atom. The molecule has 0 amide bonds. The SMILES string of the molecule is COC(=O)c1cc(N)ccc1N1CC(C)OC(C)(C)C1. The van der Waals surface area contributed by atoms with Crippen LogP contribution in [0.4, 0.5) is 11.4 Å². The number of methoxy groups -OCH3 is 1. The van der Waals surface area contributed by atoms with Gasteiger partial charge in [-0.3, -0.25) is 0 Å². The van der Waals surface area contributed by atoms with Crippen molar-refractivity contribution < 1.29 is 14.3 Å². The standard InChI is InChI=1S/C15H22N2O3/c1-10-8-17(9-15(2,3)20-10)13-6-5-11(16)7-12(13)14(18)19-4/h5-7,10H,8-9,16H2,1-4H3. The number of anilines is 2. The summed E-state index contributed by atoms with van der Waals surface area (Å²) in [5.74, 6) is -0.371. The number of carbonyl (C=O) groups is 1. The maximum Gasteiger partial charge on any atom is 0.340 e. The molecule has 1 aliphatic heterocycles. The van der Waals surface area contributed by atoms with Gasteiger partial charge in [-0.15, -0.1) is 0 Å². The van der Waals surface area contributed by atoms with Gasteiger partial charge in [-0.25, -0.2) is 4.79 Å². The zero-order valence-corrected chi connectivity index (χ0v) is 12.5. The molecule has 1 heterocycles. The molecular weight excluding hydrogens is 256 g/mol. The molecule has 0 saturated carbocycles. The van der Waals surface area contributed by atoms with E-state index in [0.29, 0.717) is 17.8 Å². The first-order valence-corrected chi connectivity index (χ1v) is 6.73. The third kappa shape index (κ3) is 3.04. The number of benzene rings is 1. The van der Waals surface area contributed by atoms with E-state index in [9.17, 15) is 4.79 Å². The monoisotopic (exact) mass is 278 g/mol. The van der Waals surface area contributed by atoms with Crippen LogP contribution in [0, 0.1) is 0 Å². The first-order chi connectivity index (χ1) is 9.32. The Bertz CT molecular complexity index is 514. The third-order valence-electron chi connectivity index (χ3n) is 3.34. The smallest absolute Gasteiger partial charge is 0.340 e. The Kier molecular flexibility index (Phi) is 3.90. The Morgan fingerprint density at radius 3 is 2.80 bits per heavy atom. The van der Waals surface area contributed by atoms with Gasteiger partial charge >= 0.3 is 5.97 Å². The quantitative estimate of drug-likeness (QED) is 0.662. The lowest BCUT2D eigenvalue weighted by Crippen LogP contribution is -2.52. The summed E-state index contributed by atoms with van der Waals surface area (Å²) in [6, 6.07) is 5.33. The summed E-state index contributed by atoms with van der Waals surface area (Å²) < 4.78 is 10.7. The average Bonchev–Trinajstić information content (AvgIpc) is 2.35. The molecule has 0 bridgehead atoms. The van der Waals surface area contributed by atoms with Crippen LogP contribution in [0.1, 0.15) is 31.1 Å². The molecule has 5 nitrogen and oxygen atoms in total. The van der Waals surface area contributed by atoms with Gasteiger partial charge in [0.1, 0.15) is 0 Å². The number of carbonyl (C=O) groups excluding carboxylic acids is 1. The molecule has 0 aliphatic carbocycles. The number of ether oxygens (including phenoxy) is 2. The summed E-state index contributed by atoms with van der Waals surface area (Å²) in [4.78, 5) is 14.1. The summed E-state index contributed by atoms with van der Waals surface area (Å²) in [5.41, 5.74) is 7.41. The normalized spacial score (nSPS) is 21.6. The van der Waals surface area contributed by atoms with E-state index in [-0.39, 0.29) is 17.7 Å². The Labute approximate surface area is 119 Å². The maximum absolute atomic E-state index is 11.9. The third-order valence-corrected chi connectivity index (χ3v) is 3.34. The predicted octanol–water partition coefficient (Wildman–Crippen LogP) is 2.06. The topological polar surface area (TPSA) is 64.8 Å². The average molecular weight is 278 g/mol. The Morgan fingerprint density at radius 2 is 2.20 bits per heavy atom. The lowest BCUT2D eigenvalue weighted by molar-refractivity contribution is -0.0750. The summed E-state index contributed by atoms with van der Waals surface area (Å²) in [7, 11) is 1.38. The van der Waals surface area contributed by atoms with Crippen LogP contribution >= 0.6 is 0 Å². The minimum Gasteiger partial charge on any atom is -0.465 e. The largest absolute Gasteiger partial charge is 0.465 e. The van der Waals surface area contributed by atoms with Crippen LogP contribution < -0.4 is 10.6 Å². The highest BCUT2D eigenvalue weighted by Gasteiger charge is 2.33. The molecule has 1 unspecified atom stereocenters. The van der Waals surface area contributed by atoms with Gasteiger partial charge in [-0.1, -0.05) is 0 Å². The van der Waals surface area contributed by atoms with Gasteiger partial charge in [0, 0.05) is 18.8 Å². The van der Waals surface area contributed by atoms with Crippen LogP contribution in [-0.2, 0) is 9.47 Å². The molecule has 110 valence electrons. The van der Waals surface area contributed by atoms with Crippen molar-refractivity contribution in [3.8, 4) is 0 Å². The van der Waals surface area contributed by atoms with Crippen molar-refractivity contribution in [2.45, 2.75) is 32.5 Å². The molecule has 20 heavy (non-hydrogen) atoms. The van der Waals surface area contributed by atoms with Gasteiger partial charge in [-0.2, -0.15) is 0 Å². The van der Waals surface area contributed by atoms with Gasteiger partial charge in [0.15, 0.2) is 0 Å². The van der Waals surface area contributed by atoms with Crippen LogP contribution in [-0.4, -0.2) is 37.9 Å². The lowest BCUT2D eigenvalue weighted by atomic mass is 10.0. The first kappa shape index (κ1) is 14.7. The second kappa shape index (κ2) is 5.32. The summed E-state index contributed by atoms with van der Waals surface area (Å²) in [6.07, 6.45) is 0.0989. The van der Waals surface area contributed by atoms with Crippen LogP contribution in [0.15, 0.2) is 18.2 Å². The maximum atomic E-state index is 11.9. The summed E-state index contributed by atoms with van der Waals surface area (Å²) >= 11 is 0. The fourth-order valence-electron chi connectivity index (χ4n) is 2.74. The molecule has 1 aliphatic rings. The molecule has 1 aromatic rings. The molecule has 1 saturated heterocycles. The van der Waals surface area contributed by atoms with Crippen LogP contribution in [0.2, 0.25) is 0 Å². The second-order valence-corrected chi connectivity index (χ2v) is 5.84. The van der Waals surface area contributed by atoms with Gasteiger partial charge in [0.25, 0.3) is 0 Å². The summed E-state index contributed by atoms with van der Waals surface area (Å²) in [6.45, 7) is 7.57. The van der Waals surface area contributed by atoms with E-state index in [1.54, 1.807) is 12.1 Å². The van der Waals surface area contributed by atoms with Gasteiger partial charge in [0.2, 0.25) is 0 Å². The van der Waals surface area contributed by atoms with Crippen molar-refractivity contribution in [2.75, 3.05) is 30.8 Å². The van der Waals surface area contributed by atoms with Crippen LogP contribution in [0.25, 0.3) is 0 Å². The van der Waals surface area contributed by atoms with E-state index >= 15 is 0 Å². The molecule has 2 rings (SSSR count). The fraction of sp³-hybridized carbons (Fsp3) is 0.533. The molecule has 2 N–H and O–H groups in total. The van der Waals surface area contributed by atoms with E-state index < -0.39 is 0 Å². The molecule has 1 aromatic carbocycles. The number of rotatable bonds is 2. The van der Waals surface area contributed by atoms with Crippen molar-refractivity contribution in [1.29, 1.82) is 0 Å². The van der Waals surface area contributed by atoms with E-state index in [0.717, 1.165) is 12.2 Å². The van der Waals surface area contributed by atoms with Crippen molar-refractivity contribution in [3.05, 3.63) is 23.8 Å². The highest BCUT2D eigenvalue weighted by Crippen LogP contribution is 2.30. The van der Waals surface area contributed by atoms with Crippen LogP contribution in [0.5, 0.6) is 0 Å². The van der Waals surface area contributed by atoms with Gasteiger partial charge in [0.05, 0.1) is 30.1 Å². The van der Waals surface area contributed by atoms with E-state index in [4.69, 9.17) is 15.2 Å². The fourth-order valence-corrected chi connectivity index (χ4v) is 2.74. The number of hydrogen-bond donors (Lipinski definition) is 1. The molecule has 5 heteroatoms. The van der Waals surface area contributed by atoms with Crippen molar-refractivity contribution in [3.63, 3.8) is 0 Å². The number of nitrogens with two attached hydrogens (primary N) is 1. The van der Waals surface area contributed by atoms with Crippen molar-refractivity contribution in [1.82, 2.24) is 0 Å². The molecular formula is C15H22N2O3. The predicted molar refractivity (Wildman–Crippen MR) is 79.0 cm³/mol. The number of nitrogens with zero attached hydrogens (tertiary/aromatic N) is 1. The Hall–Kier alpha value is -1.75. The molecule has 1 fully saturated rings. The number of hydrogen-bond acceptors (Lipinski definition) is 5. The number of morpholine rings is 1. The second-order valence-electron chi connectivity index (χ2n) is 5.84. The van der Waals surface area contributed by atoms with Gasteiger partial charge < -0.3 is 20.1 Å². The zero-order valence-electron chi connectivity index (χ0n) is 12.5. The first-order valence-electron chi connectivity index (χ1n) is 6.73. The minimum absolute atomic E-state index is 0.0989. The van der Waals surface area contributed by atoms with E-state index in [1.165, 1.54) is 7.11 Å². The Balaban J connectivity index is 2.39. The number of esters is 1. The molecule has 0 aromatic heterocycles. The summed E-state index contributed by atoms with van der Waals surface area (Å²) in [5, 5.41) is 0. The van der Waals surface area contributed by atoms with E-state index in [2.05, 4.69) is 4.90 Å². The zero-order chi connectivity index (χ0) is 14.9. The highest BCUT2D eigenvalue weighted by atomic mass is 16.5. The number of nitrogen functional groups attached to an aromatic ring is 1. The lowest BCUT2D eigenvalue weighted by Gasteiger charge is -2.43. The minimum atomic E-state index is -0.371. The molecule has 0 spiro atoms. The van der Waals surface area contributed by atoms with Crippen molar-refractivity contribution >= 4 is 17.3 Å². The van der Waals surface area contributed by atoms with E-state index in [1.807, 2.05) is 26.8 Å². The van der Waals surface area contributed by atoms with Crippen LogP contribution in [0.3, 0.4) is 0 Å². The molecule has 1 atom stereocenters. The molecule has 0 radical (unpaired) electrons. The van der Waals surface area contributed by atoms with Gasteiger partial charge in [-0.05, 0) is 39.0 Å².